The maximum atomic E-state index is 12.6. The Morgan fingerprint density at radius 2 is 1.91 bits per heavy atom. The molecule has 0 spiro atoms. The van der Waals surface area contributed by atoms with Crippen molar-refractivity contribution in [3.63, 3.8) is 0 Å². The van der Waals surface area contributed by atoms with Gasteiger partial charge >= 0.3 is 0 Å². The summed E-state index contributed by atoms with van der Waals surface area (Å²) in [6, 6.07) is 15.4. The monoisotopic (exact) mass is 304 g/mol. The Bertz CT molecular complexity index is 969. The van der Waals surface area contributed by atoms with Crippen molar-refractivity contribution in [1.29, 1.82) is 0 Å². The summed E-state index contributed by atoms with van der Waals surface area (Å²) < 4.78 is 6.96. The Morgan fingerprint density at radius 3 is 2.70 bits per heavy atom. The molecule has 114 valence electrons. The molecule has 0 N–H and O–H groups in total. The van der Waals surface area contributed by atoms with Crippen molar-refractivity contribution in [2.75, 3.05) is 7.11 Å². The predicted octanol–water partition coefficient (Wildman–Crippen LogP) is 3.35. The molecule has 0 amide bonds. The molecule has 1 aliphatic heterocycles. The minimum absolute atomic E-state index is 0.0451. The highest BCUT2D eigenvalue weighted by atomic mass is 16.5. The van der Waals surface area contributed by atoms with Crippen molar-refractivity contribution < 1.29 is 4.74 Å². The first-order valence-corrected chi connectivity index (χ1v) is 7.61. The summed E-state index contributed by atoms with van der Waals surface area (Å²) in [6.45, 7) is 0.688. The van der Waals surface area contributed by atoms with E-state index in [-0.39, 0.29) is 5.56 Å². The Kier molecular flexibility index (Phi) is 3.23. The van der Waals surface area contributed by atoms with Crippen molar-refractivity contribution in [3.8, 4) is 5.75 Å². The van der Waals surface area contributed by atoms with Gasteiger partial charge in [0.1, 0.15) is 11.6 Å². The van der Waals surface area contributed by atoms with Gasteiger partial charge in [-0.1, -0.05) is 24.3 Å². The smallest absolute Gasteiger partial charge is 0.261 e. The van der Waals surface area contributed by atoms with Crippen LogP contribution in [0, 0.1) is 0 Å². The van der Waals surface area contributed by atoms with Crippen molar-refractivity contribution in [2.45, 2.75) is 13.0 Å². The fraction of sp³-hybridized carbons (Fsp3) is 0.158. The van der Waals surface area contributed by atoms with Crippen LogP contribution >= 0.6 is 0 Å². The highest BCUT2D eigenvalue weighted by molar-refractivity contribution is 5.84. The van der Waals surface area contributed by atoms with Crippen LogP contribution in [0.1, 0.15) is 17.8 Å². The summed E-state index contributed by atoms with van der Waals surface area (Å²) >= 11 is 0. The molecule has 0 bridgehead atoms. The van der Waals surface area contributed by atoms with Crippen LogP contribution in [-0.4, -0.2) is 16.7 Å². The number of allylic oxidation sites excluding steroid dienone is 1. The zero-order valence-corrected chi connectivity index (χ0v) is 12.8. The molecule has 0 fully saturated rings. The van der Waals surface area contributed by atoms with Crippen molar-refractivity contribution in [2.24, 2.45) is 0 Å². The molecule has 23 heavy (non-hydrogen) atoms. The molecule has 4 rings (SSSR count). The van der Waals surface area contributed by atoms with E-state index in [0.29, 0.717) is 11.9 Å². The van der Waals surface area contributed by atoms with Gasteiger partial charge in [-0.2, -0.15) is 0 Å². The van der Waals surface area contributed by atoms with Gasteiger partial charge in [0, 0.05) is 6.54 Å². The van der Waals surface area contributed by atoms with Crippen LogP contribution in [0.5, 0.6) is 5.75 Å². The van der Waals surface area contributed by atoms with E-state index in [4.69, 9.17) is 9.72 Å². The molecule has 0 atom stereocenters. The maximum Gasteiger partial charge on any atom is 0.261 e. The minimum atomic E-state index is 0.0451. The van der Waals surface area contributed by atoms with E-state index < -0.39 is 0 Å². The predicted molar refractivity (Wildman–Crippen MR) is 91.5 cm³/mol. The second-order valence-electron chi connectivity index (χ2n) is 5.60. The second-order valence-corrected chi connectivity index (χ2v) is 5.60. The number of hydrogen-bond acceptors (Lipinski definition) is 3. The molecule has 2 heterocycles. The van der Waals surface area contributed by atoms with Gasteiger partial charge in [0.25, 0.3) is 5.56 Å². The molecule has 3 aromatic rings. The lowest BCUT2D eigenvalue weighted by molar-refractivity contribution is 0.415. The average molecular weight is 304 g/mol. The molecule has 0 aliphatic carbocycles. The number of fused-ring (bicyclic) bond motifs is 2. The number of hydrogen-bond donors (Lipinski definition) is 0. The number of para-hydroxylation sites is 1. The van der Waals surface area contributed by atoms with Gasteiger partial charge in [0.05, 0.1) is 18.0 Å². The summed E-state index contributed by atoms with van der Waals surface area (Å²) in [5.74, 6) is 1.61. The third-order valence-electron chi connectivity index (χ3n) is 4.21. The molecular weight excluding hydrogens is 288 g/mol. The van der Waals surface area contributed by atoms with Crippen LogP contribution in [0.4, 0.5) is 0 Å². The minimum Gasteiger partial charge on any atom is -0.497 e. The first-order valence-electron chi connectivity index (χ1n) is 7.61. The van der Waals surface area contributed by atoms with E-state index in [1.165, 1.54) is 0 Å². The molecular formula is C19H16N2O2. The Hall–Kier alpha value is -2.88. The van der Waals surface area contributed by atoms with E-state index in [0.717, 1.165) is 34.6 Å². The quantitative estimate of drug-likeness (QED) is 0.729. The molecule has 0 saturated heterocycles. The third-order valence-corrected chi connectivity index (χ3v) is 4.21. The highest BCUT2D eigenvalue weighted by Crippen LogP contribution is 2.27. The molecule has 4 nitrogen and oxygen atoms in total. The van der Waals surface area contributed by atoms with Gasteiger partial charge in [0.15, 0.2) is 0 Å². The lowest BCUT2D eigenvalue weighted by Gasteiger charge is -2.05. The van der Waals surface area contributed by atoms with E-state index in [1.807, 2.05) is 48.5 Å². The van der Waals surface area contributed by atoms with E-state index in [1.54, 1.807) is 11.7 Å². The number of benzene rings is 2. The lowest BCUT2D eigenvalue weighted by Crippen LogP contribution is -2.20. The van der Waals surface area contributed by atoms with Crippen LogP contribution in [-0.2, 0) is 6.54 Å². The molecule has 0 unspecified atom stereocenters. The fourth-order valence-corrected chi connectivity index (χ4v) is 3.00. The first-order chi connectivity index (χ1) is 11.3. The third kappa shape index (κ3) is 2.32. The highest BCUT2D eigenvalue weighted by Gasteiger charge is 2.20. The normalized spacial score (nSPS) is 15.1. The largest absolute Gasteiger partial charge is 0.497 e. The van der Waals surface area contributed by atoms with Gasteiger partial charge < -0.3 is 4.74 Å². The summed E-state index contributed by atoms with van der Waals surface area (Å²) in [6.07, 6.45) is 2.92. The fourth-order valence-electron chi connectivity index (χ4n) is 3.00. The summed E-state index contributed by atoms with van der Waals surface area (Å²) in [5, 5.41) is 0.682. The van der Waals surface area contributed by atoms with E-state index in [9.17, 15) is 4.79 Å². The van der Waals surface area contributed by atoms with E-state index in [2.05, 4.69) is 6.08 Å². The molecule has 1 aromatic heterocycles. The van der Waals surface area contributed by atoms with Gasteiger partial charge in [-0.3, -0.25) is 9.36 Å². The lowest BCUT2D eigenvalue weighted by atomic mass is 10.1. The Morgan fingerprint density at radius 1 is 1.13 bits per heavy atom. The number of ether oxygens (including phenoxy) is 1. The maximum absolute atomic E-state index is 12.6. The number of nitrogens with zero attached hydrogens (tertiary/aromatic N) is 2. The van der Waals surface area contributed by atoms with Crippen LogP contribution in [0.3, 0.4) is 0 Å². The van der Waals surface area contributed by atoms with Crippen LogP contribution in [0.25, 0.3) is 22.6 Å². The van der Waals surface area contributed by atoms with Gasteiger partial charge in [-0.05, 0) is 47.9 Å². The molecule has 1 aliphatic rings. The van der Waals surface area contributed by atoms with Gasteiger partial charge in [0.2, 0.25) is 0 Å². The Balaban J connectivity index is 1.83. The zero-order valence-electron chi connectivity index (χ0n) is 12.8. The second kappa shape index (κ2) is 5.39. The van der Waals surface area contributed by atoms with E-state index >= 15 is 0 Å². The van der Waals surface area contributed by atoms with Crippen LogP contribution in [0.15, 0.2) is 53.3 Å². The zero-order chi connectivity index (χ0) is 15.8. The van der Waals surface area contributed by atoms with Gasteiger partial charge in [-0.15, -0.1) is 0 Å². The Labute approximate surface area is 133 Å². The standard InChI is InChI=1S/C19H16N2O2/c1-23-15-8-6-13(7-9-15)12-14-10-11-21-18(14)20-17-5-3-2-4-16(17)19(21)22/h2-9,12H,10-11H2,1H3/b14-12+. The summed E-state index contributed by atoms with van der Waals surface area (Å²) in [5.41, 5.74) is 2.98. The van der Waals surface area contributed by atoms with Crippen LogP contribution < -0.4 is 10.3 Å². The molecule has 0 radical (unpaired) electrons. The number of rotatable bonds is 2. The molecule has 2 aromatic carbocycles. The summed E-state index contributed by atoms with van der Waals surface area (Å²) in [7, 11) is 1.65. The number of methoxy groups -OCH3 is 1. The average Bonchev–Trinajstić information content (AvgIpc) is 2.99. The number of aromatic nitrogens is 2. The topological polar surface area (TPSA) is 44.1 Å². The molecule has 0 saturated carbocycles. The van der Waals surface area contributed by atoms with Gasteiger partial charge in [-0.25, -0.2) is 4.98 Å². The van der Waals surface area contributed by atoms with Crippen molar-refractivity contribution >= 4 is 22.6 Å². The first kappa shape index (κ1) is 13.8. The summed E-state index contributed by atoms with van der Waals surface area (Å²) in [4.78, 5) is 17.3. The van der Waals surface area contributed by atoms with Crippen LogP contribution in [0.2, 0.25) is 0 Å². The van der Waals surface area contributed by atoms with Crippen molar-refractivity contribution in [1.82, 2.24) is 9.55 Å². The molecule has 4 heteroatoms. The van der Waals surface area contributed by atoms with Crippen molar-refractivity contribution in [3.05, 3.63) is 70.3 Å². The SMILES string of the molecule is COc1ccc(/C=C2\CCn3c2nc2ccccc2c3=O)cc1.